The second-order valence-electron chi connectivity index (χ2n) is 5.03. The minimum Gasteiger partial charge on any atom is -0.457 e. The van der Waals surface area contributed by atoms with Crippen LogP contribution in [0.15, 0.2) is 84.7 Å². The molecule has 0 aliphatic carbocycles. The minimum absolute atomic E-state index is 0.224. The van der Waals surface area contributed by atoms with Gasteiger partial charge in [0.25, 0.3) is 0 Å². The van der Waals surface area contributed by atoms with Crippen molar-refractivity contribution in [2.75, 3.05) is 0 Å². The number of rotatable bonds is 5. The average molecular weight is 292 g/mol. The van der Waals surface area contributed by atoms with Gasteiger partial charge in [-0.1, -0.05) is 43.5 Å². The summed E-state index contributed by atoms with van der Waals surface area (Å²) < 4.78 is 5.76. The van der Waals surface area contributed by atoms with Gasteiger partial charge in [0.05, 0.1) is 0 Å². The third-order valence-electron chi connectivity index (χ3n) is 3.20. The topological polar surface area (TPSA) is 61.3 Å². The minimum atomic E-state index is 0.224. The Bertz CT molecular complexity index is 709. The first kappa shape index (κ1) is 15.4. The summed E-state index contributed by atoms with van der Waals surface area (Å²) in [4.78, 5) is 0. The molecule has 0 aromatic heterocycles. The number of hydrogen-bond donors (Lipinski definition) is 2. The quantitative estimate of drug-likeness (QED) is 0.812. The zero-order chi connectivity index (χ0) is 16.1. The van der Waals surface area contributed by atoms with E-state index in [1.54, 1.807) is 0 Å². The molecule has 4 N–H and O–H groups in total. The van der Waals surface area contributed by atoms with Crippen LogP contribution >= 0.6 is 0 Å². The second-order valence-corrected chi connectivity index (χ2v) is 5.03. The first-order valence-electron chi connectivity index (χ1n) is 6.92. The zero-order valence-electron chi connectivity index (χ0n) is 12.7. The van der Waals surface area contributed by atoms with Crippen molar-refractivity contribution in [3.63, 3.8) is 0 Å². The maximum absolute atomic E-state index is 5.76. The molecule has 0 atom stereocenters. The lowest BCUT2D eigenvalue weighted by Gasteiger charge is -2.13. The molecule has 22 heavy (non-hydrogen) atoms. The van der Waals surface area contributed by atoms with Crippen molar-refractivity contribution < 1.29 is 4.74 Å². The number of nitrogens with two attached hydrogens (primary N) is 2. The Hall–Kier alpha value is -2.94. The van der Waals surface area contributed by atoms with Gasteiger partial charge in [-0.3, -0.25) is 0 Å². The van der Waals surface area contributed by atoms with Crippen LogP contribution in [0.25, 0.3) is 5.57 Å². The molecule has 3 heteroatoms. The molecule has 0 unspecified atom stereocenters. The predicted octanol–water partition coefficient (Wildman–Crippen LogP) is 4.20. The van der Waals surface area contributed by atoms with Gasteiger partial charge in [-0.15, -0.1) is 0 Å². The van der Waals surface area contributed by atoms with Crippen molar-refractivity contribution in [1.82, 2.24) is 0 Å². The lowest BCUT2D eigenvalue weighted by atomic mass is 9.95. The van der Waals surface area contributed by atoms with Crippen molar-refractivity contribution in [3.05, 3.63) is 90.3 Å². The Morgan fingerprint density at radius 2 is 1.41 bits per heavy atom. The Morgan fingerprint density at radius 3 is 1.91 bits per heavy atom. The molecule has 0 saturated heterocycles. The molecule has 0 heterocycles. The molecule has 0 aliphatic rings. The number of para-hydroxylation sites is 1. The van der Waals surface area contributed by atoms with E-state index < -0.39 is 0 Å². The van der Waals surface area contributed by atoms with Crippen molar-refractivity contribution in [2.45, 2.75) is 6.92 Å². The lowest BCUT2D eigenvalue weighted by Crippen LogP contribution is -2.13. The standard InChI is InChI=1S/C19H20N2O/c1-13(2)18(19(20)21)14(3)15-9-11-17(12-10-15)22-16-7-5-4-6-8-16/h4-12H,1,3,20-21H2,2H3. The van der Waals surface area contributed by atoms with E-state index in [0.717, 1.165) is 28.2 Å². The van der Waals surface area contributed by atoms with Crippen LogP contribution in [0.4, 0.5) is 0 Å². The van der Waals surface area contributed by atoms with E-state index in [1.807, 2.05) is 61.5 Å². The number of allylic oxidation sites excluding steroid dienone is 3. The highest BCUT2D eigenvalue weighted by molar-refractivity contribution is 5.82. The first-order chi connectivity index (χ1) is 10.5. The molecule has 2 aromatic rings. The normalized spacial score (nSPS) is 9.86. The smallest absolute Gasteiger partial charge is 0.127 e. The van der Waals surface area contributed by atoms with Gasteiger partial charge in [0.15, 0.2) is 0 Å². The summed E-state index contributed by atoms with van der Waals surface area (Å²) in [5, 5.41) is 0. The number of ether oxygens (including phenoxy) is 1. The summed E-state index contributed by atoms with van der Waals surface area (Å²) in [6.07, 6.45) is 0. The van der Waals surface area contributed by atoms with Crippen LogP contribution in [0.1, 0.15) is 12.5 Å². The predicted molar refractivity (Wildman–Crippen MR) is 92.2 cm³/mol. The molecule has 0 bridgehead atoms. The maximum Gasteiger partial charge on any atom is 0.127 e. The van der Waals surface area contributed by atoms with Gasteiger partial charge in [-0.05, 0) is 47.9 Å². The van der Waals surface area contributed by atoms with Gasteiger partial charge < -0.3 is 16.2 Å². The molecule has 0 spiro atoms. The zero-order valence-corrected chi connectivity index (χ0v) is 12.7. The molecular formula is C19H20N2O. The van der Waals surface area contributed by atoms with Crippen LogP contribution in [-0.4, -0.2) is 0 Å². The molecule has 2 aromatic carbocycles. The Labute approximate surface area is 131 Å². The third-order valence-corrected chi connectivity index (χ3v) is 3.20. The van der Waals surface area contributed by atoms with E-state index in [0.29, 0.717) is 5.57 Å². The highest BCUT2D eigenvalue weighted by Crippen LogP contribution is 2.29. The Morgan fingerprint density at radius 1 is 0.864 bits per heavy atom. The van der Waals surface area contributed by atoms with Crippen LogP contribution < -0.4 is 16.2 Å². The fourth-order valence-corrected chi connectivity index (χ4v) is 2.17. The molecule has 0 saturated carbocycles. The van der Waals surface area contributed by atoms with E-state index in [1.165, 1.54) is 0 Å². The maximum atomic E-state index is 5.76. The molecule has 0 radical (unpaired) electrons. The van der Waals surface area contributed by atoms with Gasteiger partial charge in [0.1, 0.15) is 17.3 Å². The average Bonchev–Trinajstić information content (AvgIpc) is 2.48. The summed E-state index contributed by atoms with van der Waals surface area (Å²) in [7, 11) is 0. The monoisotopic (exact) mass is 292 g/mol. The number of benzene rings is 2. The highest BCUT2D eigenvalue weighted by Gasteiger charge is 2.10. The van der Waals surface area contributed by atoms with E-state index >= 15 is 0 Å². The lowest BCUT2D eigenvalue weighted by molar-refractivity contribution is 0.482. The molecule has 0 fully saturated rings. The van der Waals surface area contributed by atoms with Crippen LogP contribution in [-0.2, 0) is 0 Å². The SMILES string of the molecule is C=C(C)C(C(=C)c1ccc(Oc2ccccc2)cc1)=C(N)N. The summed E-state index contributed by atoms with van der Waals surface area (Å²) in [5.41, 5.74) is 14.6. The van der Waals surface area contributed by atoms with Gasteiger partial charge in [-0.2, -0.15) is 0 Å². The van der Waals surface area contributed by atoms with E-state index in [9.17, 15) is 0 Å². The first-order valence-corrected chi connectivity index (χ1v) is 6.92. The fraction of sp³-hybridized carbons (Fsp3) is 0.0526. The van der Waals surface area contributed by atoms with E-state index in [2.05, 4.69) is 13.2 Å². The van der Waals surface area contributed by atoms with Crippen LogP contribution in [0.3, 0.4) is 0 Å². The van der Waals surface area contributed by atoms with Gasteiger partial charge >= 0.3 is 0 Å². The van der Waals surface area contributed by atoms with Crippen LogP contribution in [0.2, 0.25) is 0 Å². The Kier molecular flexibility index (Phi) is 4.69. The van der Waals surface area contributed by atoms with E-state index in [4.69, 9.17) is 16.2 Å². The molecular weight excluding hydrogens is 272 g/mol. The summed E-state index contributed by atoms with van der Waals surface area (Å²) in [5.74, 6) is 1.77. The second kappa shape index (κ2) is 6.68. The molecule has 0 amide bonds. The van der Waals surface area contributed by atoms with Gasteiger partial charge in [0, 0.05) is 5.57 Å². The van der Waals surface area contributed by atoms with Crippen LogP contribution in [0.5, 0.6) is 11.5 Å². The largest absolute Gasteiger partial charge is 0.457 e. The Balaban J connectivity index is 2.20. The molecule has 112 valence electrons. The van der Waals surface area contributed by atoms with Crippen molar-refractivity contribution in [1.29, 1.82) is 0 Å². The molecule has 0 aliphatic heterocycles. The fourth-order valence-electron chi connectivity index (χ4n) is 2.17. The summed E-state index contributed by atoms with van der Waals surface area (Å²) in [6.45, 7) is 9.81. The third kappa shape index (κ3) is 3.58. The van der Waals surface area contributed by atoms with Crippen LogP contribution in [0, 0.1) is 0 Å². The van der Waals surface area contributed by atoms with Gasteiger partial charge in [-0.25, -0.2) is 0 Å². The van der Waals surface area contributed by atoms with Crippen molar-refractivity contribution in [3.8, 4) is 11.5 Å². The van der Waals surface area contributed by atoms with E-state index in [-0.39, 0.29) is 5.82 Å². The summed E-state index contributed by atoms with van der Waals surface area (Å²) in [6, 6.07) is 17.2. The molecule has 2 rings (SSSR count). The van der Waals surface area contributed by atoms with Crippen molar-refractivity contribution >= 4 is 5.57 Å². The van der Waals surface area contributed by atoms with Gasteiger partial charge in [0.2, 0.25) is 0 Å². The highest BCUT2D eigenvalue weighted by atomic mass is 16.5. The van der Waals surface area contributed by atoms with Crippen molar-refractivity contribution in [2.24, 2.45) is 11.5 Å². The molecule has 3 nitrogen and oxygen atoms in total. The number of hydrogen-bond acceptors (Lipinski definition) is 3. The summed E-state index contributed by atoms with van der Waals surface area (Å²) >= 11 is 0.